The standard InChI is InChI=1S/C18H27NO6S/c1-13(2)15(7-6-10-24-26(5,20)21)25-17-12-14(8-9-19)11-16(22-3)18(17)23-4/h11-13,15H,6-8,10H2,1-5H3/t15-/m0/s1. The van der Waals surface area contributed by atoms with E-state index >= 15 is 0 Å². The highest BCUT2D eigenvalue weighted by atomic mass is 32.2. The quantitative estimate of drug-likeness (QED) is 0.427. The number of methoxy groups -OCH3 is 2. The SMILES string of the molecule is COc1cc(CC#N)cc(O[C@@H](CCCOS(C)(=O)=O)C(C)C)c1OC. The summed E-state index contributed by atoms with van der Waals surface area (Å²) in [7, 11) is -0.386. The number of hydrogen-bond acceptors (Lipinski definition) is 7. The predicted molar refractivity (Wildman–Crippen MR) is 98.1 cm³/mol. The lowest BCUT2D eigenvalue weighted by atomic mass is 10.0. The van der Waals surface area contributed by atoms with Crippen molar-refractivity contribution in [3.63, 3.8) is 0 Å². The Morgan fingerprint density at radius 2 is 1.81 bits per heavy atom. The van der Waals surface area contributed by atoms with Crippen LogP contribution in [0.4, 0.5) is 0 Å². The number of hydrogen-bond donors (Lipinski definition) is 0. The van der Waals surface area contributed by atoms with E-state index in [-0.39, 0.29) is 25.0 Å². The Morgan fingerprint density at radius 3 is 2.31 bits per heavy atom. The lowest BCUT2D eigenvalue weighted by Crippen LogP contribution is -2.24. The Balaban J connectivity index is 2.96. The molecule has 1 aromatic rings. The zero-order chi connectivity index (χ0) is 19.7. The Bertz CT molecular complexity index is 724. The van der Waals surface area contributed by atoms with Crippen molar-refractivity contribution in [3.8, 4) is 23.3 Å². The first-order valence-electron chi connectivity index (χ1n) is 8.34. The molecule has 0 spiro atoms. The zero-order valence-electron chi connectivity index (χ0n) is 15.9. The molecule has 7 nitrogen and oxygen atoms in total. The summed E-state index contributed by atoms with van der Waals surface area (Å²) in [5.74, 6) is 1.65. The summed E-state index contributed by atoms with van der Waals surface area (Å²) in [6, 6.07) is 5.63. The van der Waals surface area contributed by atoms with Gasteiger partial charge in [0.1, 0.15) is 6.10 Å². The second kappa shape index (κ2) is 10.2. The van der Waals surface area contributed by atoms with Gasteiger partial charge in [-0.2, -0.15) is 13.7 Å². The van der Waals surface area contributed by atoms with Crippen LogP contribution in [-0.4, -0.2) is 41.6 Å². The zero-order valence-corrected chi connectivity index (χ0v) is 16.8. The largest absolute Gasteiger partial charge is 0.493 e. The van der Waals surface area contributed by atoms with Gasteiger partial charge in [-0.05, 0) is 36.5 Å². The summed E-state index contributed by atoms with van der Waals surface area (Å²) in [5, 5.41) is 8.95. The molecule has 1 aromatic carbocycles. The maximum atomic E-state index is 11.0. The van der Waals surface area contributed by atoms with Crippen LogP contribution in [0, 0.1) is 17.2 Å². The average molecular weight is 385 g/mol. The molecule has 0 saturated heterocycles. The molecule has 0 aliphatic carbocycles. The van der Waals surface area contributed by atoms with Gasteiger partial charge in [0.2, 0.25) is 5.75 Å². The number of ether oxygens (including phenoxy) is 3. The topological polar surface area (TPSA) is 94.9 Å². The van der Waals surface area contributed by atoms with Gasteiger partial charge in [0, 0.05) is 0 Å². The highest BCUT2D eigenvalue weighted by molar-refractivity contribution is 7.85. The number of rotatable bonds is 11. The van der Waals surface area contributed by atoms with Crippen LogP contribution in [-0.2, 0) is 20.7 Å². The van der Waals surface area contributed by atoms with Gasteiger partial charge in [-0.3, -0.25) is 4.18 Å². The van der Waals surface area contributed by atoms with Crippen LogP contribution < -0.4 is 14.2 Å². The van der Waals surface area contributed by atoms with E-state index in [9.17, 15) is 8.42 Å². The van der Waals surface area contributed by atoms with E-state index in [0.717, 1.165) is 11.8 Å². The van der Waals surface area contributed by atoms with Gasteiger partial charge in [-0.1, -0.05) is 13.8 Å². The molecule has 0 saturated carbocycles. The fourth-order valence-electron chi connectivity index (χ4n) is 2.45. The Hall–Kier alpha value is -1.98. The van der Waals surface area contributed by atoms with E-state index < -0.39 is 10.1 Å². The Labute approximate surface area is 155 Å². The van der Waals surface area contributed by atoms with Crippen molar-refractivity contribution >= 4 is 10.1 Å². The van der Waals surface area contributed by atoms with Gasteiger partial charge >= 0.3 is 0 Å². The molecular formula is C18H27NO6S. The highest BCUT2D eigenvalue weighted by Gasteiger charge is 2.21. The van der Waals surface area contributed by atoms with Crippen molar-refractivity contribution in [2.45, 2.75) is 39.2 Å². The molecule has 0 N–H and O–H groups in total. The van der Waals surface area contributed by atoms with Gasteiger partial charge in [0.05, 0.1) is 39.6 Å². The highest BCUT2D eigenvalue weighted by Crippen LogP contribution is 2.39. The molecule has 0 fully saturated rings. The molecule has 8 heteroatoms. The summed E-state index contributed by atoms with van der Waals surface area (Å²) >= 11 is 0. The third-order valence-electron chi connectivity index (χ3n) is 3.74. The Kier molecular flexibility index (Phi) is 8.69. The molecule has 0 aliphatic heterocycles. The maximum absolute atomic E-state index is 11.0. The van der Waals surface area contributed by atoms with Crippen molar-refractivity contribution in [1.29, 1.82) is 5.26 Å². The molecule has 26 heavy (non-hydrogen) atoms. The van der Waals surface area contributed by atoms with E-state index in [0.29, 0.717) is 30.1 Å². The van der Waals surface area contributed by atoms with Crippen molar-refractivity contribution in [1.82, 2.24) is 0 Å². The van der Waals surface area contributed by atoms with Crippen molar-refractivity contribution in [2.75, 3.05) is 27.1 Å². The summed E-state index contributed by atoms with van der Waals surface area (Å²) in [4.78, 5) is 0. The first-order valence-corrected chi connectivity index (χ1v) is 10.2. The van der Waals surface area contributed by atoms with E-state index in [1.165, 1.54) is 14.2 Å². The molecule has 1 atom stereocenters. The molecule has 0 radical (unpaired) electrons. The van der Waals surface area contributed by atoms with Crippen LogP contribution >= 0.6 is 0 Å². The minimum Gasteiger partial charge on any atom is -0.493 e. The van der Waals surface area contributed by atoms with Crippen LogP contribution in [0.1, 0.15) is 32.3 Å². The molecule has 0 aliphatic rings. The van der Waals surface area contributed by atoms with Gasteiger partial charge < -0.3 is 14.2 Å². The normalized spacial score (nSPS) is 12.5. The summed E-state index contributed by atoms with van der Waals surface area (Å²) in [6.45, 7) is 4.15. The Morgan fingerprint density at radius 1 is 1.15 bits per heavy atom. The molecule has 0 unspecified atom stereocenters. The van der Waals surface area contributed by atoms with Crippen LogP contribution in [0.15, 0.2) is 12.1 Å². The molecular weight excluding hydrogens is 358 g/mol. The summed E-state index contributed by atoms with van der Waals surface area (Å²) in [5.41, 5.74) is 0.767. The third-order valence-corrected chi connectivity index (χ3v) is 4.33. The smallest absolute Gasteiger partial charge is 0.264 e. The van der Waals surface area contributed by atoms with Crippen LogP contribution in [0.5, 0.6) is 17.2 Å². The number of nitriles is 1. The lowest BCUT2D eigenvalue weighted by molar-refractivity contribution is 0.127. The molecule has 0 bridgehead atoms. The minimum atomic E-state index is -3.44. The van der Waals surface area contributed by atoms with Crippen molar-refractivity contribution in [3.05, 3.63) is 17.7 Å². The van der Waals surface area contributed by atoms with E-state index in [1.54, 1.807) is 12.1 Å². The molecule has 0 heterocycles. The van der Waals surface area contributed by atoms with E-state index in [2.05, 4.69) is 6.07 Å². The minimum absolute atomic E-state index is 0.111. The van der Waals surface area contributed by atoms with Crippen molar-refractivity contribution in [2.24, 2.45) is 5.92 Å². The predicted octanol–water partition coefficient (Wildman–Crippen LogP) is 2.93. The van der Waals surface area contributed by atoms with E-state index in [1.807, 2.05) is 13.8 Å². The first kappa shape index (κ1) is 22.1. The number of benzene rings is 1. The molecule has 1 rings (SSSR count). The molecule has 146 valence electrons. The molecule has 0 aromatic heterocycles. The van der Waals surface area contributed by atoms with Crippen molar-refractivity contribution < 1.29 is 26.8 Å². The average Bonchev–Trinajstić information content (AvgIpc) is 2.56. The van der Waals surface area contributed by atoms with Gasteiger partial charge in [0.15, 0.2) is 11.5 Å². The van der Waals surface area contributed by atoms with Crippen LogP contribution in [0.25, 0.3) is 0 Å². The monoisotopic (exact) mass is 385 g/mol. The second-order valence-electron chi connectivity index (χ2n) is 6.23. The van der Waals surface area contributed by atoms with Gasteiger partial charge in [0.25, 0.3) is 10.1 Å². The summed E-state index contributed by atoms with van der Waals surface area (Å²) < 4.78 is 43.8. The van der Waals surface area contributed by atoms with Gasteiger partial charge in [-0.15, -0.1) is 0 Å². The molecule has 0 amide bonds. The van der Waals surface area contributed by atoms with E-state index in [4.69, 9.17) is 23.7 Å². The third kappa shape index (κ3) is 7.10. The fraction of sp³-hybridized carbons (Fsp3) is 0.611. The second-order valence-corrected chi connectivity index (χ2v) is 7.88. The maximum Gasteiger partial charge on any atom is 0.264 e. The first-order chi connectivity index (χ1) is 12.2. The van der Waals surface area contributed by atoms with Gasteiger partial charge in [-0.25, -0.2) is 0 Å². The number of nitrogens with zero attached hydrogens (tertiary/aromatic N) is 1. The van der Waals surface area contributed by atoms with Crippen LogP contribution in [0.3, 0.4) is 0 Å². The van der Waals surface area contributed by atoms with Crippen LogP contribution in [0.2, 0.25) is 0 Å². The fourth-order valence-corrected chi connectivity index (χ4v) is 2.87. The lowest BCUT2D eigenvalue weighted by Gasteiger charge is -2.24. The summed E-state index contributed by atoms with van der Waals surface area (Å²) in [6.07, 6.45) is 2.23.